The minimum absolute atomic E-state index is 0.448. The van der Waals surface area contributed by atoms with Crippen molar-refractivity contribution >= 4 is 49.7 Å². The molecule has 2 N–H and O–H groups in total. The van der Waals surface area contributed by atoms with Gasteiger partial charge in [-0.15, -0.1) is 11.3 Å². The molecule has 0 unspecified atom stereocenters. The van der Waals surface area contributed by atoms with Gasteiger partial charge in [-0.05, 0) is 49.9 Å². The van der Waals surface area contributed by atoms with Crippen molar-refractivity contribution < 1.29 is 9.53 Å². The Bertz CT molecular complexity index is 1160. The van der Waals surface area contributed by atoms with Gasteiger partial charge in [0.05, 0.1) is 11.6 Å². The summed E-state index contributed by atoms with van der Waals surface area (Å²) in [5.74, 6) is 1.06. The van der Waals surface area contributed by atoms with E-state index in [0.29, 0.717) is 11.6 Å². The summed E-state index contributed by atoms with van der Waals surface area (Å²) in [6.45, 7) is 6.55. The SMILES string of the molecule is NC(=O)N(CCCCN1CCN(c2ccc3c(c2)OCCC3)CC1)c1sc2ccccc2c1Cl. The zero-order valence-electron chi connectivity index (χ0n) is 19.3. The van der Waals surface area contributed by atoms with Crippen LogP contribution in [-0.4, -0.2) is 56.8 Å². The number of rotatable bonds is 7. The van der Waals surface area contributed by atoms with Crippen LogP contribution >= 0.6 is 22.9 Å². The van der Waals surface area contributed by atoms with E-state index >= 15 is 0 Å². The van der Waals surface area contributed by atoms with Crippen LogP contribution in [0.2, 0.25) is 5.02 Å². The molecular weight excluding hydrogens is 468 g/mol. The summed E-state index contributed by atoms with van der Waals surface area (Å²) in [5.41, 5.74) is 8.30. The van der Waals surface area contributed by atoms with Gasteiger partial charge >= 0.3 is 6.03 Å². The Morgan fingerprint density at radius 1 is 1.12 bits per heavy atom. The van der Waals surface area contributed by atoms with E-state index in [2.05, 4.69) is 28.0 Å². The maximum absolute atomic E-state index is 12.2. The number of hydrogen-bond donors (Lipinski definition) is 1. The predicted octanol–water partition coefficient (Wildman–Crippen LogP) is 5.37. The van der Waals surface area contributed by atoms with Gasteiger partial charge in [-0.1, -0.05) is 35.9 Å². The number of thiophene rings is 1. The van der Waals surface area contributed by atoms with Crippen LogP contribution in [0.1, 0.15) is 24.8 Å². The van der Waals surface area contributed by atoms with Gasteiger partial charge in [-0.25, -0.2) is 4.79 Å². The van der Waals surface area contributed by atoms with E-state index < -0.39 is 6.03 Å². The van der Waals surface area contributed by atoms with Gasteiger partial charge in [-0.3, -0.25) is 9.80 Å². The van der Waals surface area contributed by atoms with Crippen molar-refractivity contribution in [3.05, 3.63) is 53.1 Å². The van der Waals surface area contributed by atoms with Gasteiger partial charge in [0.25, 0.3) is 0 Å². The second-order valence-corrected chi connectivity index (χ2v) is 10.4. The Morgan fingerprint density at radius 2 is 1.94 bits per heavy atom. The Kier molecular flexibility index (Phi) is 7.13. The molecule has 5 rings (SSSR count). The van der Waals surface area contributed by atoms with Gasteiger partial charge in [0.1, 0.15) is 10.8 Å². The highest BCUT2D eigenvalue weighted by Crippen LogP contribution is 2.41. The monoisotopic (exact) mass is 498 g/mol. The molecule has 1 fully saturated rings. The summed E-state index contributed by atoms with van der Waals surface area (Å²) in [6.07, 6.45) is 4.12. The molecule has 0 radical (unpaired) electrons. The maximum Gasteiger partial charge on any atom is 0.319 e. The third-order valence-electron chi connectivity index (χ3n) is 6.77. The third kappa shape index (κ3) is 4.97. The molecule has 34 heavy (non-hydrogen) atoms. The molecule has 8 heteroatoms. The quantitative estimate of drug-likeness (QED) is 0.445. The minimum atomic E-state index is -0.448. The number of nitrogens with two attached hydrogens (primary N) is 1. The highest BCUT2D eigenvalue weighted by molar-refractivity contribution is 7.23. The molecule has 3 heterocycles. The molecule has 180 valence electrons. The Hall–Kier alpha value is -2.48. The molecule has 0 atom stereocenters. The fourth-order valence-corrected chi connectivity index (χ4v) is 6.41. The fraction of sp³-hybridized carbons (Fsp3) is 0.423. The van der Waals surface area contributed by atoms with Crippen LogP contribution < -0.4 is 20.3 Å². The van der Waals surface area contributed by atoms with E-state index in [0.717, 1.165) is 85.9 Å². The molecule has 0 aliphatic carbocycles. The first-order valence-electron chi connectivity index (χ1n) is 12.1. The standard InChI is InChI=1S/C26H31ClN4O2S/c27-24-21-7-1-2-8-23(21)34-25(24)31(26(28)32)12-4-3-11-29-13-15-30(16-14-29)20-10-9-19-6-5-17-33-22(19)18-20/h1-2,7-10,18H,3-6,11-17H2,(H2,28,32). The number of amides is 2. The van der Waals surface area contributed by atoms with E-state index in [4.69, 9.17) is 22.1 Å². The van der Waals surface area contributed by atoms with Crippen LogP contribution in [0.4, 0.5) is 15.5 Å². The average molecular weight is 499 g/mol. The lowest BCUT2D eigenvalue weighted by molar-refractivity contribution is 0.249. The molecule has 0 saturated carbocycles. The summed E-state index contributed by atoms with van der Waals surface area (Å²) in [4.78, 5) is 18.7. The lowest BCUT2D eigenvalue weighted by Crippen LogP contribution is -2.46. The minimum Gasteiger partial charge on any atom is -0.493 e. The average Bonchev–Trinajstić information content (AvgIpc) is 3.20. The number of primary amides is 1. The zero-order chi connectivity index (χ0) is 23.5. The van der Waals surface area contributed by atoms with E-state index in [9.17, 15) is 4.79 Å². The summed E-state index contributed by atoms with van der Waals surface area (Å²) in [5, 5.41) is 2.33. The predicted molar refractivity (Wildman–Crippen MR) is 142 cm³/mol. The zero-order valence-corrected chi connectivity index (χ0v) is 20.9. The number of carbonyl (C=O) groups excluding carboxylic acids is 1. The number of ether oxygens (including phenoxy) is 1. The summed E-state index contributed by atoms with van der Waals surface area (Å²) < 4.78 is 6.92. The van der Waals surface area contributed by atoms with Gasteiger partial charge in [0, 0.05) is 54.6 Å². The Morgan fingerprint density at radius 3 is 2.74 bits per heavy atom. The van der Waals surface area contributed by atoms with Crippen molar-refractivity contribution in [1.29, 1.82) is 0 Å². The number of halogens is 1. The molecule has 2 aromatic carbocycles. The van der Waals surface area contributed by atoms with Crippen molar-refractivity contribution in [2.24, 2.45) is 5.73 Å². The Labute approximate surface area is 209 Å². The molecule has 6 nitrogen and oxygen atoms in total. The molecule has 2 aliphatic heterocycles. The Balaban J connectivity index is 1.10. The van der Waals surface area contributed by atoms with Crippen LogP contribution in [0.25, 0.3) is 10.1 Å². The van der Waals surface area contributed by atoms with Gasteiger partial charge < -0.3 is 15.4 Å². The number of benzene rings is 2. The van der Waals surface area contributed by atoms with Crippen LogP contribution in [0.15, 0.2) is 42.5 Å². The smallest absolute Gasteiger partial charge is 0.319 e. The molecule has 2 amide bonds. The number of carbonyl (C=O) groups is 1. The molecule has 1 aromatic heterocycles. The van der Waals surface area contributed by atoms with Gasteiger partial charge in [0.15, 0.2) is 0 Å². The number of unbranched alkanes of at least 4 members (excludes halogenated alkanes) is 1. The van der Waals surface area contributed by atoms with Gasteiger partial charge in [0.2, 0.25) is 0 Å². The molecule has 0 bridgehead atoms. The first kappa shape index (κ1) is 23.3. The molecule has 3 aromatic rings. The lowest BCUT2D eigenvalue weighted by atomic mass is 10.1. The van der Waals surface area contributed by atoms with Crippen molar-refractivity contribution in [3.8, 4) is 5.75 Å². The number of hydrogen-bond acceptors (Lipinski definition) is 5. The second kappa shape index (κ2) is 10.4. The molecular formula is C26H31ClN4O2S. The molecule has 0 spiro atoms. The largest absolute Gasteiger partial charge is 0.493 e. The van der Waals surface area contributed by atoms with Crippen molar-refractivity contribution in [2.45, 2.75) is 25.7 Å². The van der Waals surface area contributed by atoms with Crippen LogP contribution in [-0.2, 0) is 6.42 Å². The lowest BCUT2D eigenvalue weighted by Gasteiger charge is -2.36. The summed E-state index contributed by atoms with van der Waals surface area (Å²) >= 11 is 8.10. The fourth-order valence-electron chi connectivity index (χ4n) is 4.85. The third-order valence-corrected chi connectivity index (χ3v) is 8.46. The highest BCUT2D eigenvalue weighted by Gasteiger charge is 2.22. The number of aryl methyl sites for hydroxylation is 1. The summed E-state index contributed by atoms with van der Waals surface area (Å²) in [6, 6.07) is 14.2. The number of nitrogens with zero attached hydrogens (tertiary/aromatic N) is 3. The topological polar surface area (TPSA) is 62.0 Å². The van der Waals surface area contributed by atoms with Crippen LogP contribution in [0.3, 0.4) is 0 Å². The molecule has 1 saturated heterocycles. The van der Waals surface area contributed by atoms with Crippen molar-refractivity contribution in [1.82, 2.24) is 4.90 Å². The summed E-state index contributed by atoms with van der Waals surface area (Å²) in [7, 11) is 0. The number of anilines is 2. The van der Waals surface area contributed by atoms with Crippen molar-refractivity contribution in [3.63, 3.8) is 0 Å². The first-order valence-corrected chi connectivity index (χ1v) is 13.3. The number of urea groups is 1. The second-order valence-electron chi connectivity index (χ2n) is 8.99. The van der Waals surface area contributed by atoms with E-state index in [1.54, 1.807) is 4.90 Å². The van der Waals surface area contributed by atoms with E-state index in [1.807, 2.05) is 24.3 Å². The normalized spacial score (nSPS) is 16.3. The van der Waals surface area contributed by atoms with Crippen LogP contribution in [0.5, 0.6) is 5.75 Å². The first-order chi connectivity index (χ1) is 16.6. The number of piperazine rings is 1. The number of fused-ring (bicyclic) bond motifs is 2. The maximum atomic E-state index is 12.2. The highest BCUT2D eigenvalue weighted by atomic mass is 35.5. The molecule has 2 aliphatic rings. The van der Waals surface area contributed by atoms with E-state index in [-0.39, 0.29) is 0 Å². The van der Waals surface area contributed by atoms with E-state index in [1.165, 1.54) is 22.6 Å². The van der Waals surface area contributed by atoms with Crippen LogP contribution in [0, 0.1) is 0 Å². The van der Waals surface area contributed by atoms with Gasteiger partial charge in [-0.2, -0.15) is 0 Å². The van der Waals surface area contributed by atoms with Crippen molar-refractivity contribution in [2.75, 3.05) is 55.7 Å².